The van der Waals surface area contributed by atoms with Gasteiger partial charge in [0.2, 0.25) is 0 Å². The number of phenolic OH excluding ortho intramolecular Hbond substituents is 2. The summed E-state index contributed by atoms with van der Waals surface area (Å²) in [6.45, 7) is 0.960. The zero-order valence-corrected chi connectivity index (χ0v) is 34.4. The summed E-state index contributed by atoms with van der Waals surface area (Å²) in [5, 5.41) is 53.1. The van der Waals surface area contributed by atoms with E-state index in [0.29, 0.717) is 16.3 Å². The van der Waals surface area contributed by atoms with Gasteiger partial charge in [0.25, 0.3) is 17.6 Å². The molecule has 5 aromatic rings. The number of thiazole rings is 1. The van der Waals surface area contributed by atoms with Gasteiger partial charge in [-0.15, -0.1) is 40.0 Å². The maximum absolute atomic E-state index is 13.5. The molecule has 4 aromatic heterocycles. The third kappa shape index (κ3) is 8.72. The van der Waals surface area contributed by atoms with Gasteiger partial charge in [-0.3, -0.25) is 19.3 Å². The average Bonchev–Trinajstić information content (AvgIpc) is 3.80. The predicted molar refractivity (Wildman–Crippen MR) is 197 cm³/mol. The molecule has 1 aromatic carbocycles. The fourth-order valence-electron chi connectivity index (χ4n) is 5.43. The number of aromatic nitrogens is 7. The number of carbonyl (C=O) groups excluding carboxylic acids is 4. The van der Waals surface area contributed by atoms with Gasteiger partial charge in [-0.05, 0) is 36.8 Å². The number of carboxylic acids is 1. The molecule has 2 aliphatic heterocycles. The number of amides is 2. The van der Waals surface area contributed by atoms with Gasteiger partial charge in [0.05, 0.1) is 23.4 Å². The Morgan fingerprint density at radius 3 is 2.60 bits per heavy atom. The Balaban J connectivity index is 0.00000567. The Bertz CT molecular complexity index is 2600. The number of anilines is 1. The van der Waals surface area contributed by atoms with E-state index in [4.69, 9.17) is 15.3 Å². The molecule has 0 saturated carbocycles. The first-order valence-electron chi connectivity index (χ1n) is 16.2. The Kier molecular flexibility index (Phi) is 12.6. The normalized spacial score (nSPS) is 16.3. The first kappa shape index (κ1) is 41.9. The van der Waals surface area contributed by atoms with E-state index in [0.717, 1.165) is 34.6 Å². The van der Waals surface area contributed by atoms with Crippen molar-refractivity contribution in [1.82, 2.24) is 44.8 Å². The summed E-state index contributed by atoms with van der Waals surface area (Å²) in [4.78, 5) is 88.6. The number of hydrogen-bond acceptors (Lipinski definition) is 21. The number of nitrogens with one attached hydrogen (secondary N) is 2. The van der Waals surface area contributed by atoms with Crippen LogP contribution in [0.3, 0.4) is 0 Å². The number of nitrogen functional groups attached to an aromatic ring is 1. The number of esters is 1. The second kappa shape index (κ2) is 17.4. The Morgan fingerprint density at radius 2 is 1.90 bits per heavy atom. The first-order chi connectivity index (χ1) is 27.3. The number of rotatable bonds is 13. The van der Waals surface area contributed by atoms with E-state index in [1.165, 1.54) is 39.5 Å². The minimum absolute atomic E-state index is 0. The van der Waals surface area contributed by atoms with Crippen molar-refractivity contribution < 1.29 is 78.7 Å². The van der Waals surface area contributed by atoms with Crippen molar-refractivity contribution in [2.45, 2.75) is 36.6 Å². The van der Waals surface area contributed by atoms with Crippen LogP contribution in [-0.2, 0) is 37.2 Å². The number of ether oxygens (including phenoxy) is 1. The summed E-state index contributed by atoms with van der Waals surface area (Å²) >= 11 is 3.42. The number of aromatic hydroxyl groups is 3. The molecule has 2 amide bonds. The molecule has 294 valence electrons. The number of H-pyrrole nitrogens is 1. The van der Waals surface area contributed by atoms with Gasteiger partial charge >= 0.3 is 41.1 Å². The van der Waals surface area contributed by atoms with Crippen molar-refractivity contribution in [1.29, 1.82) is 0 Å². The monoisotopic (exact) mass is 859 g/mol. The molecule has 22 nitrogen and oxygen atoms in total. The third-order valence-corrected chi connectivity index (χ3v) is 11.2. The molecular weight excluding hydrogens is 834 g/mol. The summed E-state index contributed by atoms with van der Waals surface area (Å²) in [6, 6.07) is 4.00. The molecule has 6 heterocycles. The SMILES string of the molecule is Cc1cc(SCC2=C(C(=O)[O-])N3C(=O)[C@@H](NC(=O)/C(=N\OCc4nc(=O)c(O)c[nH]4)c4csc(N)n4)[C@H]3SC2)n2nc(COC(=O)c3ccc(O)c(O)c3)nc2n1.[Na+]. The number of fused-ring (bicyclic) bond motifs is 2. The van der Waals surface area contributed by atoms with Crippen LogP contribution in [0.2, 0.25) is 0 Å². The van der Waals surface area contributed by atoms with Crippen molar-refractivity contribution in [2.24, 2.45) is 5.16 Å². The number of hydrogen-bond donors (Lipinski definition) is 6. The fraction of sp³-hybridized carbons (Fsp3) is 0.219. The first-order valence-corrected chi connectivity index (χ1v) is 19.1. The molecule has 58 heavy (non-hydrogen) atoms. The number of nitrogens with two attached hydrogens (primary N) is 1. The molecule has 0 aliphatic carbocycles. The molecule has 26 heteroatoms. The molecule has 1 fully saturated rings. The van der Waals surface area contributed by atoms with Crippen molar-refractivity contribution in [3.8, 4) is 17.2 Å². The van der Waals surface area contributed by atoms with Crippen LogP contribution >= 0.6 is 34.9 Å². The van der Waals surface area contributed by atoms with Crippen molar-refractivity contribution in [3.63, 3.8) is 0 Å². The maximum Gasteiger partial charge on any atom is 1.00 e. The zero-order valence-electron chi connectivity index (χ0n) is 29.9. The van der Waals surface area contributed by atoms with Crippen LogP contribution in [-0.4, -0.2) is 107 Å². The number of nitrogens with zero attached hydrogens (tertiary/aromatic N) is 8. The number of carboxylic acid groups (broad SMARTS) is 1. The number of aromatic amines is 1. The number of aryl methyl sites for hydroxylation is 1. The quantitative estimate of drug-likeness (QED) is 0.00965. The molecule has 7 rings (SSSR count). The number of benzene rings is 1. The molecule has 1 saturated heterocycles. The summed E-state index contributed by atoms with van der Waals surface area (Å²) < 4.78 is 6.66. The minimum Gasteiger partial charge on any atom is -0.543 e. The summed E-state index contributed by atoms with van der Waals surface area (Å²) in [6.07, 6.45) is 1.01. The number of oxime groups is 1. The Hall–Kier alpha value is -5.73. The largest absolute Gasteiger partial charge is 1.00 e. The van der Waals surface area contributed by atoms with Crippen LogP contribution in [0.5, 0.6) is 17.2 Å². The number of aliphatic carboxylic acids is 1. The van der Waals surface area contributed by atoms with Crippen LogP contribution < -0.4 is 51.3 Å². The van der Waals surface area contributed by atoms with E-state index in [1.54, 1.807) is 13.0 Å². The Morgan fingerprint density at radius 1 is 1.10 bits per heavy atom. The van der Waals surface area contributed by atoms with E-state index in [-0.39, 0.29) is 92.9 Å². The summed E-state index contributed by atoms with van der Waals surface area (Å²) in [7, 11) is 0. The third-order valence-electron chi connectivity index (χ3n) is 8.08. The van der Waals surface area contributed by atoms with Crippen molar-refractivity contribution in [2.75, 3.05) is 17.2 Å². The van der Waals surface area contributed by atoms with Gasteiger partial charge in [-0.25, -0.2) is 14.8 Å². The number of carbonyl (C=O) groups is 4. The van der Waals surface area contributed by atoms with Crippen LogP contribution in [0.1, 0.15) is 33.4 Å². The average molecular weight is 860 g/mol. The van der Waals surface area contributed by atoms with E-state index >= 15 is 0 Å². The minimum atomic E-state index is -1.59. The maximum atomic E-state index is 13.5. The molecule has 7 N–H and O–H groups in total. The molecular formula is C32H26N11NaO11S3. The van der Waals surface area contributed by atoms with Gasteiger partial charge in [0, 0.05) is 22.6 Å². The topological polar surface area (TPSA) is 326 Å². The molecule has 0 spiro atoms. The molecule has 0 unspecified atom stereocenters. The van der Waals surface area contributed by atoms with Crippen molar-refractivity contribution >= 4 is 75.2 Å². The van der Waals surface area contributed by atoms with E-state index in [2.05, 4.69) is 40.5 Å². The van der Waals surface area contributed by atoms with E-state index < -0.39 is 64.6 Å². The summed E-state index contributed by atoms with van der Waals surface area (Å²) in [5.74, 6) is -4.99. The molecule has 0 radical (unpaired) electrons. The van der Waals surface area contributed by atoms with Crippen LogP contribution in [0, 0.1) is 6.92 Å². The number of phenols is 2. The van der Waals surface area contributed by atoms with Gasteiger partial charge in [0.1, 0.15) is 22.1 Å². The molecule has 0 bridgehead atoms. The van der Waals surface area contributed by atoms with Gasteiger partial charge in [-0.1, -0.05) is 5.16 Å². The van der Waals surface area contributed by atoms with Crippen LogP contribution in [0.4, 0.5) is 5.13 Å². The van der Waals surface area contributed by atoms with Gasteiger partial charge in [-0.2, -0.15) is 14.5 Å². The van der Waals surface area contributed by atoms with Gasteiger partial charge in [0.15, 0.2) is 53.0 Å². The van der Waals surface area contributed by atoms with Crippen LogP contribution in [0.15, 0.2) is 62.1 Å². The van der Waals surface area contributed by atoms with Crippen molar-refractivity contribution in [3.05, 3.63) is 86.1 Å². The number of β-lactam (4-membered cyclic amide) rings is 1. The molecule has 2 atom stereocenters. The second-order valence-electron chi connectivity index (χ2n) is 12.0. The van der Waals surface area contributed by atoms with Gasteiger partial charge < -0.3 is 50.8 Å². The van der Waals surface area contributed by atoms with E-state index in [9.17, 15) is 44.4 Å². The standard InChI is InChI=1S/C32H27N11O11S3.Na/c1-12-4-21(43-32(35-12)38-20(40-43)7-53-30(52)13-2-3-16(44)17(45)5-13)55-9-14-10-56-28-23(27(49)42(28)24(14)29(50)51)39-26(48)22(15-11-57-31(33)36-15)41-54-8-19-34-6-18(46)25(47)37-19;/h2-6,11,23,28,44-46H,7-10H2,1H3,(H2,33,36)(H,39,48)(H,50,51)(H,34,37,47);/q;+1/p-1/b41-22-;/t23-,28-;/m1./s1. The smallest absolute Gasteiger partial charge is 0.543 e. The Labute approximate surface area is 358 Å². The zero-order chi connectivity index (χ0) is 40.5. The number of thioether (sulfide) groups is 2. The molecule has 2 aliphatic rings. The second-order valence-corrected chi connectivity index (χ2v) is 15.0. The summed E-state index contributed by atoms with van der Waals surface area (Å²) in [5.41, 5.74) is 5.07. The predicted octanol–water partition coefficient (Wildman–Crippen LogP) is -3.85. The van der Waals surface area contributed by atoms with Crippen LogP contribution in [0.25, 0.3) is 5.78 Å². The van der Waals surface area contributed by atoms with E-state index in [1.807, 2.05) is 0 Å². The fourth-order valence-corrected chi connectivity index (χ4v) is 8.52.